The van der Waals surface area contributed by atoms with Crippen LogP contribution in [0.1, 0.15) is 29.0 Å². The first-order valence-corrected chi connectivity index (χ1v) is 12.8. The van der Waals surface area contributed by atoms with Gasteiger partial charge in [-0.1, -0.05) is 72.3 Å². The summed E-state index contributed by atoms with van der Waals surface area (Å²) in [5.41, 5.74) is 2.31. The molecule has 1 aliphatic heterocycles. The third-order valence-corrected chi connectivity index (χ3v) is 8.95. The van der Waals surface area contributed by atoms with Gasteiger partial charge in [-0.25, -0.2) is 8.42 Å². The van der Waals surface area contributed by atoms with Crippen molar-refractivity contribution in [1.29, 1.82) is 0 Å². The molecule has 1 heterocycles. The number of ketones is 1. The van der Waals surface area contributed by atoms with Gasteiger partial charge in [0.1, 0.15) is 5.54 Å². The van der Waals surface area contributed by atoms with E-state index in [9.17, 15) is 13.2 Å². The Bertz CT molecular complexity index is 1590. The van der Waals surface area contributed by atoms with Crippen LogP contribution in [0, 0.1) is 6.92 Å². The Hall–Kier alpha value is -3.70. The van der Waals surface area contributed by atoms with E-state index in [1.807, 2.05) is 79.7 Å². The molecule has 0 spiro atoms. The smallest absolute Gasteiger partial charge is 0.265 e. The minimum atomic E-state index is -3.95. The number of para-hydroxylation sites is 1. The molecule has 5 heteroatoms. The van der Waals surface area contributed by atoms with Crippen molar-refractivity contribution in [2.75, 3.05) is 4.31 Å². The molecule has 4 nitrogen and oxygen atoms in total. The normalized spacial score (nSPS) is 21.5. The lowest BCUT2D eigenvalue weighted by atomic mass is 9.71. The topological polar surface area (TPSA) is 54.5 Å². The van der Waals surface area contributed by atoms with Crippen LogP contribution in [-0.2, 0) is 20.4 Å². The van der Waals surface area contributed by atoms with Gasteiger partial charge in [0.05, 0.1) is 10.6 Å². The monoisotopic (exact) mass is 465 g/mol. The van der Waals surface area contributed by atoms with Crippen LogP contribution in [0.5, 0.6) is 0 Å². The second kappa shape index (κ2) is 7.40. The van der Waals surface area contributed by atoms with Crippen molar-refractivity contribution >= 4 is 32.3 Å². The van der Waals surface area contributed by atoms with Crippen LogP contribution in [0.25, 0.3) is 10.8 Å². The van der Waals surface area contributed by atoms with Gasteiger partial charge >= 0.3 is 0 Å². The van der Waals surface area contributed by atoms with Crippen LogP contribution in [-0.4, -0.2) is 14.2 Å². The summed E-state index contributed by atoms with van der Waals surface area (Å²) in [5, 5.41) is 2.11. The highest BCUT2D eigenvalue weighted by molar-refractivity contribution is 7.93. The van der Waals surface area contributed by atoms with E-state index < -0.39 is 15.6 Å². The van der Waals surface area contributed by atoms with Crippen molar-refractivity contribution < 1.29 is 13.2 Å². The minimum Gasteiger partial charge on any atom is -0.295 e. The summed E-state index contributed by atoms with van der Waals surface area (Å²) in [5.74, 6) is -0.312. The van der Waals surface area contributed by atoms with Gasteiger partial charge in [0, 0.05) is 12.3 Å². The van der Waals surface area contributed by atoms with Gasteiger partial charge in [-0.2, -0.15) is 0 Å². The maximum Gasteiger partial charge on any atom is 0.265 e. The summed E-state index contributed by atoms with van der Waals surface area (Å²) >= 11 is 0. The van der Waals surface area contributed by atoms with Crippen LogP contribution in [0.3, 0.4) is 0 Å². The average Bonchev–Trinajstić information content (AvgIpc) is 3.15. The molecule has 0 bridgehead atoms. The molecule has 4 aromatic carbocycles. The molecule has 1 aliphatic carbocycles. The molecule has 2 aliphatic rings. The van der Waals surface area contributed by atoms with E-state index in [2.05, 4.69) is 6.07 Å². The van der Waals surface area contributed by atoms with E-state index in [1.165, 1.54) is 0 Å². The molecule has 0 radical (unpaired) electrons. The lowest BCUT2D eigenvalue weighted by molar-refractivity contribution is -0.115. The molecule has 0 fully saturated rings. The summed E-state index contributed by atoms with van der Waals surface area (Å²) in [6, 6.07) is 28.6. The zero-order valence-electron chi connectivity index (χ0n) is 18.7. The van der Waals surface area contributed by atoms with Gasteiger partial charge < -0.3 is 0 Å². The van der Waals surface area contributed by atoms with Crippen molar-refractivity contribution in [2.24, 2.45) is 0 Å². The van der Waals surface area contributed by atoms with Crippen LogP contribution < -0.4 is 4.31 Å². The summed E-state index contributed by atoms with van der Waals surface area (Å²) in [6.07, 6.45) is 3.61. The van der Waals surface area contributed by atoms with Crippen molar-refractivity contribution in [2.45, 2.75) is 29.7 Å². The van der Waals surface area contributed by atoms with Crippen molar-refractivity contribution in [3.63, 3.8) is 0 Å². The summed E-state index contributed by atoms with van der Waals surface area (Å²) in [6.45, 7) is 1.93. The maximum absolute atomic E-state index is 14.3. The zero-order valence-corrected chi connectivity index (χ0v) is 19.5. The number of anilines is 1. The molecule has 6 rings (SSSR count). The van der Waals surface area contributed by atoms with E-state index in [0.29, 0.717) is 5.69 Å². The van der Waals surface area contributed by atoms with Crippen molar-refractivity contribution in [3.8, 4) is 0 Å². The number of carbonyl (C=O) groups excluding carboxylic acids is 1. The fraction of sp³-hybridized carbons (Fsp3) is 0.138. The highest BCUT2D eigenvalue weighted by atomic mass is 32.2. The van der Waals surface area contributed by atoms with Crippen LogP contribution in [0.4, 0.5) is 5.69 Å². The number of fused-ring (bicyclic) bond motifs is 4. The van der Waals surface area contributed by atoms with Crippen molar-refractivity contribution in [3.05, 3.63) is 120 Å². The summed E-state index contributed by atoms with van der Waals surface area (Å²) in [4.78, 5) is 12.8. The predicted octanol–water partition coefficient (Wildman–Crippen LogP) is 5.87. The number of aryl methyl sites for hydroxylation is 1. The maximum atomic E-state index is 14.3. The highest BCUT2D eigenvalue weighted by Gasteiger charge is 2.57. The molecular formula is C29H23NO3S. The van der Waals surface area contributed by atoms with Gasteiger partial charge in [0.2, 0.25) is 0 Å². The Labute approximate surface area is 199 Å². The molecule has 0 N–H and O–H groups in total. The second-order valence-electron chi connectivity index (χ2n) is 9.08. The SMILES string of the molecule is Cc1ccc(S(=O)(=O)N2c3ccccc3[C@@H]3CC(=O)C=C[C@@]32c2ccc3ccccc3c2)cc1. The number of sulfonamides is 1. The molecule has 168 valence electrons. The molecule has 0 unspecified atom stereocenters. The number of benzene rings is 4. The van der Waals surface area contributed by atoms with Gasteiger partial charge in [0.25, 0.3) is 10.0 Å². The fourth-order valence-electron chi connectivity index (χ4n) is 5.48. The Morgan fingerprint density at radius 2 is 1.56 bits per heavy atom. The van der Waals surface area contributed by atoms with E-state index in [0.717, 1.165) is 27.5 Å². The number of hydrogen-bond donors (Lipinski definition) is 0. The quantitative estimate of drug-likeness (QED) is 0.381. The van der Waals surface area contributed by atoms with Gasteiger partial charge in [-0.15, -0.1) is 0 Å². The van der Waals surface area contributed by atoms with Crippen molar-refractivity contribution in [1.82, 2.24) is 0 Å². The number of allylic oxidation sites excluding steroid dienone is 1. The number of rotatable bonds is 3. The van der Waals surface area contributed by atoms with E-state index in [4.69, 9.17) is 0 Å². The number of nitrogens with zero attached hydrogens (tertiary/aromatic N) is 1. The molecule has 4 aromatic rings. The van der Waals surface area contributed by atoms with Gasteiger partial charge in [-0.05, 0) is 65.2 Å². The Kier molecular flexibility index (Phi) is 4.55. The molecule has 0 aromatic heterocycles. The first kappa shape index (κ1) is 20.9. The molecular weight excluding hydrogens is 442 g/mol. The average molecular weight is 466 g/mol. The van der Waals surface area contributed by atoms with Crippen LogP contribution in [0.2, 0.25) is 0 Å². The van der Waals surface area contributed by atoms with Gasteiger partial charge in [-0.3, -0.25) is 9.10 Å². The summed E-state index contributed by atoms with van der Waals surface area (Å²) in [7, 11) is -3.95. The fourth-order valence-corrected chi connectivity index (χ4v) is 7.29. The van der Waals surface area contributed by atoms with E-state index >= 15 is 0 Å². The van der Waals surface area contributed by atoms with Crippen LogP contribution >= 0.6 is 0 Å². The molecule has 0 amide bonds. The third-order valence-electron chi connectivity index (χ3n) is 7.10. The third kappa shape index (κ3) is 2.90. The van der Waals surface area contributed by atoms with Crippen LogP contribution in [0.15, 0.2) is 108 Å². The van der Waals surface area contributed by atoms with E-state index in [-0.39, 0.29) is 23.0 Å². The Morgan fingerprint density at radius 1 is 0.853 bits per heavy atom. The standard InChI is InChI=1S/C29H23NO3S/c1-20-10-14-25(15-11-20)34(32,33)30-28-9-5-4-8-26(28)27-19-24(31)16-17-29(27,30)23-13-12-21-6-2-3-7-22(21)18-23/h2-18,27H,19H2,1H3/t27-,29+/m0/s1. The number of hydrogen-bond acceptors (Lipinski definition) is 3. The predicted molar refractivity (Wildman–Crippen MR) is 134 cm³/mol. The van der Waals surface area contributed by atoms with Gasteiger partial charge in [0.15, 0.2) is 5.78 Å². The minimum absolute atomic E-state index is 0.00537. The molecule has 0 saturated carbocycles. The highest BCUT2D eigenvalue weighted by Crippen LogP contribution is 2.59. The molecule has 0 saturated heterocycles. The lowest BCUT2D eigenvalue weighted by Gasteiger charge is -2.42. The summed E-state index contributed by atoms with van der Waals surface area (Å²) < 4.78 is 30.1. The Balaban J connectivity index is 1.68. The first-order chi connectivity index (χ1) is 16.4. The Morgan fingerprint density at radius 3 is 2.35 bits per heavy atom. The number of carbonyl (C=O) groups is 1. The lowest BCUT2D eigenvalue weighted by Crippen LogP contribution is -2.49. The zero-order chi connectivity index (χ0) is 23.5. The largest absolute Gasteiger partial charge is 0.295 e. The van der Waals surface area contributed by atoms with E-state index in [1.54, 1.807) is 28.6 Å². The molecule has 34 heavy (non-hydrogen) atoms. The second-order valence-corrected chi connectivity index (χ2v) is 10.9. The first-order valence-electron chi connectivity index (χ1n) is 11.3. The molecule has 2 atom stereocenters.